The lowest BCUT2D eigenvalue weighted by atomic mass is 10.1. The van der Waals surface area contributed by atoms with Crippen LogP contribution in [0.1, 0.15) is 46.0 Å². The summed E-state index contributed by atoms with van der Waals surface area (Å²) in [5.74, 6) is 0.344. The number of rotatable bonds is 8. The normalized spacial score (nSPS) is 12.2. The van der Waals surface area contributed by atoms with Crippen molar-refractivity contribution in [2.75, 3.05) is 5.32 Å². The van der Waals surface area contributed by atoms with Crippen molar-refractivity contribution < 1.29 is 4.92 Å². The van der Waals surface area contributed by atoms with E-state index >= 15 is 0 Å². The van der Waals surface area contributed by atoms with Crippen molar-refractivity contribution >= 4 is 27.4 Å². The second-order valence-electron chi connectivity index (χ2n) is 4.67. The van der Waals surface area contributed by atoms with Crippen molar-refractivity contribution in [1.82, 2.24) is 4.98 Å². The molecule has 0 spiro atoms. The average molecular weight is 330 g/mol. The molecule has 0 radical (unpaired) electrons. The Hall–Kier alpha value is -1.17. The number of hydrogen-bond donors (Lipinski definition) is 1. The minimum atomic E-state index is -0.413. The fraction of sp³-hybridized carbons (Fsp3) is 0.615. The van der Waals surface area contributed by atoms with Gasteiger partial charge in [-0.15, -0.1) is 0 Å². The zero-order valence-electron chi connectivity index (χ0n) is 11.4. The second kappa shape index (κ2) is 8.09. The molecule has 0 aliphatic carbocycles. The van der Waals surface area contributed by atoms with E-state index in [0.29, 0.717) is 10.3 Å². The molecule has 19 heavy (non-hydrogen) atoms. The summed E-state index contributed by atoms with van der Waals surface area (Å²) in [5.41, 5.74) is 0.00906. The van der Waals surface area contributed by atoms with Crippen LogP contribution in [0.3, 0.4) is 0 Å². The highest BCUT2D eigenvalue weighted by Gasteiger charge is 2.17. The Bertz CT molecular complexity index is 426. The van der Waals surface area contributed by atoms with Gasteiger partial charge in [0, 0.05) is 22.8 Å². The molecule has 1 rings (SSSR count). The second-order valence-corrected chi connectivity index (χ2v) is 5.59. The Morgan fingerprint density at radius 3 is 2.84 bits per heavy atom. The SMILES string of the molecule is CCCCCCC(C)Nc1ncc(Br)cc1[N+](=O)[O-]. The molecule has 5 nitrogen and oxygen atoms in total. The first-order chi connectivity index (χ1) is 9.04. The standard InChI is InChI=1S/C13H20BrN3O2/c1-3-4-5-6-7-10(2)16-13-12(17(18)19)8-11(14)9-15-13/h8-10H,3-7H2,1-2H3,(H,15,16). The maximum Gasteiger partial charge on any atom is 0.312 e. The van der Waals surface area contributed by atoms with Gasteiger partial charge >= 0.3 is 5.69 Å². The summed E-state index contributed by atoms with van der Waals surface area (Å²) in [6.07, 6.45) is 7.35. The Morgan fingerprint density at radius 2 is 2.21 bits per heavy atom. The van der Waals surface area contributed by atoms with E-state index in [0.717, 1.165) is 12.8 Å². The van der Waals surface area contributed by atoms with Gasteiger partial charge in [-0.1, -0.05) is 32.6 Å². The van der Waals surface area contributed by atoms with Gasteiger partial charge in [-0.2, -0.15) is 0 Å². The summed E-state index contributed by atoms with van der Waals surface area (Å²) in [6.45, 7) is 4.20. The third kappa shape index (κ3) is 5.55. The molecular weight excluding hydrogens is 310 g/mol. The van der Waals surface area contributed by atoms with E-state index in [-0.39, 0.29) is 11.7 Å². The minimum Gasteiger partial charge on any atom is -0.362 e. The molecule has 0 fully saturated rings. The smallest absolute Gasteiger partial charge is 0.312 e. The fourth-order valence-corrected chi connectivity index (χ4v) is 2.18. The highest BCUT2D eigenvalue weighted by atomic mass is 79.9. The monoisotopic (exact) mass is 329 g/mol. The summed E-state index contributed by atoms with van der Waals surface area (Å²) in [5, 5.41) is 14.1. The number of unbranched alkanes of at least 4 members (excludes halogenated alkanes) is 3. The number of aromatic nitrogens is 1. The average Bonchev–Trinajstić information content (AvgIpc) is 2.36. The number of halogens is 1. The number of hydrogen-bond acceptors (Lipinski definition) is 4. The molecule has 0 aromatic carbocycles. The molecule has 1 heterocycles. The van der Waals surface area contributed by atoms with E-state index in [2.05, 4.69) is 33.2 Å². The molecule has 106 valence electrons. The zero-order chi connectivity index (χ0) is 14.3. The van der Waals surface area contributed by atoms with Gasteiger partial charge in [0.05, 0.1) is 4.92 Å². The molecule has 0 bridgehead atoms. The van der Waals surface area contributed by atoms with Gasteiger partial charge in [-0.25, -0.2) is 4.98 Å². The molecule has 0 saturated heterocycles. The predicted octanol–water partition coefficient (Wildman–Crippen LogP) is 4.52. The lowest BCUT2D eigenvalue weighted by Crippen LogP contribution is -2.17. The number of nitrogens with one attached hydrogen (secondary N) is 1. The first-order valence-electron chi connectivity index (χ1n) is 6.61. The number of nitro groups is 1. The van der Waals surface area contributed by atoms with Crippen LogP contribution in [-0.2, 0) is 0 Å². The highest BCUT2D eigenvalue weighted by molar-refractivity contribution is 9.10. The van der Waals surface area contributed by atoms with Crippen molar-refractivity contribution in [1.29, 1.82) is 0 Å². The number of nitrogens with zero attached hydrogens (tertiary/aromatic N) is 2. The van der Waals surface area contributed by atoms with Crippen LogP contribution in [0.2, 0.25) is 0 Å². The topological polar surface area (TPSA) is 68.1 Å². The molecule has 1 atom stereocenters. The molecule has 0 aliphatic heterocycles. The van der Waals surface area contributed by atoms with Crippen molar-refractivity contribution in [2.45, 2.75) is 52.0 Å². The van der Waals surface area contributed by atoms with Crippen molar-refractivity contribution in [2.24, 2.45) is 0 Å². The van der Waals surface area contributed by atoms with Crippen LogP contribution in [0.5, 0.6) is 0 Å². The van der Waals surface area contributed by atoms with E-state index in [9.17, 15) is 10.1 Å². The van der Waals surface area contributed by atoms with Crippen LogP contribution in [0.25, 0.3) is 0 Å². The lowest BCUT2D eigenvalue weighted by molar-refractivity contribution is -0.384. The lowest BCUT2D eigenvalue weighted by Gasteiger charge is -2.14. The van der Waals surface area contributed by atoms with Gasteiger partial charge in [0.2, 0.25) is 5.82 Å². The van der Waals surface area contributed by atoms with Gasteiger partial charge < -0.3 is 5.32 Å². The molecule has 1 aromatic heterocycles. The van der Waals surface area contributed by atoms with Crippen LogP contribution >= 0.6 is 15.9 Å². The van der Waals surface area contributed by atoms with Gasteiger partial charge in [0.25, 0.3) is 0 Å². The van der Waals surface area contributed by atoms with E-state index in [1.807, 2.05) is 6.92 Å². The third-order valence-electron chi connectivity index (χ3n) is 2.90. The Morgan fingerprint density at radius 1 is 1.47 bits per heavy atom. The molecule has 0 saturated carbocycles. The number of anilines is 1. The summed E-state index contributed by atoms with van der Waals surface area (Å²) in [6, 6.07) is 1.66. The summed E-state index contributed by atoms with van der Waals surface area (Å²) in [4.78, 5) is 14.6. The molecule has 0 aliphatic rings. The van der Waals surface area contributed by atoms with Crippen molar-refractivity contribution in [3.05, 3.63) is 26.9 Å². The molecule has 6 heteroatoms. The maximum absolute atomic E-state index is 11.0. The molecule has 1 aromatic rings. The van der Waals surface area contributed by atoms with E-state index < -0.39 is 4.92 Å². The molecule has 1 N–H and O–H groups in total. The van der Waals surface area contributed by atoms with Gasteiger partial charge in [-0.05, 0) is 29.3 Å². The van der Waals surface area contributed by atoms with Crippen molar-refractivity contribution in [3.8, 4) is 0 Å². The minimum absolute atomic E-state index is 0.00906. The summed E-state index contributed by atoms with van der Waals surface area (Å²) in [7, 11) is 0. The quantitative estimate of drug-likeness (QED) is 0.432. The maximum atomic E-state index is 11.0. The molecular formula is C13H20BrN3O2. The summed E-state index contributed by atoms with van der Waals surface area (Å²) >= 11 is 3.20. The van der Waals surface area contributed by atoms with Crippen LogP contribution < -0.4 is 5.32 Å². The van der Waals surface area contributed by atoms with Crippen LogP contribution in [0.15, 0.2) is 16.7 Å². The number of pyridine rings is 1. The van der Waals surface area contributed by atoms with Crippen LogP contribution in [0, 0.1) is 10.1 Å². The van der Waals surface area contributed by atoms with E-state index in [1.54, 1.807) is 6.20 Å². The van der Waals surface area contributed by atoms with Gasteiger partial charge in [-0.3, -0.25) is 10.1 Å². The van der Waals surface area contributed by atoms with Gasteiger partial charge in [0.1, 0.15) is 0 Å². The highest BCUT2D eigenvalue weighted by Crippen LogP contribution is 2.26. The van der Waals surface area contributed by atoms with E-state index in [1.165, 1.54) is 25.3 Å². The van der Waals surface area contributed by atoms with Crippen LogP contribution in [-0.4, -0.2) is 15.9 Å². The Labute approximate surface area is 122 Å². The third-order valence-corrected chi connectivity index (χ3v) is 3.34. The Balaban J connectivity index is 2.58. The Kier molecular flexibility index (Phi) is 6.77. The van der Waals surface area contributed by atoms with Crippen LogP contribution in [0.4, 0.5) is 11.5 Å². The predicted molar refractivity (Wildman–Crippen MR) is 80.4 cm³/mol. The zero-order valence-corrected chi connectivity index (χ0v) is 12.9. The summed E-state index contributed by atoms with van der Waals surface area (Å²) < 4.78 is 0.611. The van der Waals surface area contributed by atoms with Crippen molar-refractivity contribution in [3.63, 3.8) is 0 Å². The first kappa shape index (κ1) is 15.9. The van der Waals surface area contributed by atoms with E-state index in [4.69, 9.17) is 0 Å². The fourth-order valence-electron chi connectivity index (χ4n) is 1.86. The van der Waals surface area contributed by atoms with Gasteiger partial charge in [0.15, 0.2) is 0 Å². The first-order valence-corrected chi connectivity index (χ1v) is 7.40. The largest absolute Gasteiger partial charge is 0.362 e. The molecule has 1 unspecified atom stereocenters. The molecule has 0 amide bonds.